The molecule has 0 saturated heterocycles. The molecule has 1 fully saturated rings. The van der Waals surface area contributed by atoms with Gasteiger partial charge in [0.15, 0.2) is 0 Å². The third kappa shape index (κ3) is 9.70. The van der Waals surface area contributed by atoms with Gasteiger partial charge >= 0.3 is 15.6 Å². The topological polar surface area (TPSA) is 54.4 Å². The van der Waals surface area contributed by atoms with Gasteiger partial charge in [-0.2, -0.15) is 21.6 Å². The Morgan fingerprint density at radius 2 is 1.07 bits per heavy atom. The number of allylic oxidation sites excluding steroid dienone is 4. The Morgan fingerprint density at radius 1 is 0.700 bits per heavy atom. The van der Waals surface area contributed by atoms with E-state index in [0.717, 1.165) is 0 Å². The van der Waals surface area contributed by atoms with Crippen LogP contribution >= 0.6 is 7.92 Å². The summed E-state index contributed by atoms with van der Waals surface area (Å²) in [6.45, 7) is 4.48. The molecule has 5 rings (SSSR count). The fraction of sp³-hybridized carbons (Fsp3) is 0.129. The van der Waals surface area contributed by atoms with Crippen molar-refractivity contribution in [1.29, 1.82) is 0 Å². The van der Waals surface area contributed by atoms with Crippen molar-refractivity contribution in [1.82, 2.24) is 0 Å². The van der Waals surface area contributed by atoms with Crippen LogP contribution in [0.4, 0.5) is 13.2 Å². The Labute approximate surface area is 247 Å². The molecular weight excluding hydrogens is 599 g/mol. The van der Waals surface area contributed by atoms with E-state index in [9.17, 15) is 13.2 Å². The number of hydrogen-bond donors (Lipinski definition) is 1. The van der Waals surface area contributed by atoms with Crippen molar-refractivity contribution in [3.8, 4) is 0 Å². The molecule has 3 nitrogen and oxygen atoms in total. The first-order valence-electron chi connectivity index (χ1n) is 12.1. The molecule has 2 aliphatic rings. The number of fused-ring (bicyclic) bond motifs is 1. The molecule has 2 aliphatic carbocycles. The van der Waals surface area contributed by atoms with Crippen LogP contribution in [0.5, 0.6) is 0 Å². The van der Waals surface area contributed by atoms with Crippen LogP contribution in [0, 0.1) is 36.5 Å². The van der Waals surface area contributed by atoms with Gasteiger partial charge in [-0.15, -0.1) is 0 Å². The average molecular weight is 628 g/mol. The monoisotopic (exact) mass is 627 g/mol. The summed E-state index contributed by atoms with van der Waals surface area (Å²) in [7, 11) is -6.29. The fourth-order valence-corrected chi connectivity index (χ4v) is 6.16. The Morgan fingerprint density at radius 3 is 1.43 bits per heavy atom. The second-order valence-electron chi connectivity index (χ2n) is 8.79. The van der Waals surface area contributed by atoms with Gasteiger partial charge in [-0.25, -0.2) is 0 Å². The molecule has 3 aromatic rings. The maximum atomic E-state index is 10.7. The molecule has 1 N–H and O–H groups in total. The van der Waals surface area contributed by atoms with Crippen molar-refractivity contribution in [3.63, 3.8) is 0 Å². The zero-order valence-corrected chi connectivity index (χ0v) is 24.5. The standard InChI is InChI=1S/C18H15P.C12H13.CHF3O3S.Ni/c1-4-10-16(11-5-1)19(17-12-6-2-7-13-17)18-14-8-3-9-15-18;1-9(2)11-8-7-10-5-3-4-6-12(10)11;2-1(3,4)8(5,6)7;/h1-15H;3-9H,1-2H3;(H,5,6,7);. The summed E-state index contributed by atoms with van der Waals surface area (Å²) in [5.41, 5.74) is -5.53. The van der Waals surface area contributed by atoms with Gasteiger partial charge in [0.1, 0.15) is 0 Å². The number of benzene rings is 3. The zero-order chi connectivity index (χ0) is 28.5. The van der Waals surface area contributed by atoms with Gasteiger partial charge in [-0.3, -0.25) is 4.55 Å². The summed E-state index contributed by atoms with van der Waals surface area (Å²) in [5.74, 6) is 4.86. The fourth-order valence-electron chi connectivity index (χ4n) is 3.86. The maximum absolute atomic E-state index is 10.7. The molecule has 0 aliphatic heterocycles. The van der Waals surface area contributed by atoms with Crippen molar-refractivity contribution >= 4 is 34.0 Å². The van der Waals surface area contributed by atoms with Crippen molar-refractivity contribution in [2.24, 2.45) is 5.92 Å². The molecule has 9 heteroatoms. The third-order valence-corrected chi connectivity index (χ3v) is 8.70. The Balaban J connectivity index is 0.000000230. The van der Waals surface area contributed by atoms with E-state index in [1.165, 1.54) is 33.7 Å². The summed E-state index contributed by atoms with van der Waals surface area (Å²) in [6.07, 6.45) is 13.0. The molecule has 3 aromatic carbocycles. The molecule has 40 heavy (non-hydrogen) atoms. The summed E-state index contributed by atoms with van der Waals surface area (Å²) in [6, 6.07) is 32.3. The predicted octanol–water partition coefficient (Wildman–Crippen LogP) is 6.75. The third-order valence-electron chi connectivity index (χ3n) is 5.67. The molecule has 0 unspecified atom stereocenters. The van der Waals surface area contributed by atoms with E-state index in [-0.39, 0.29) is 16.5 Å². The largest absolute Gasteiger partial charge is 0.522 e. The molecule has 1 saturated carbocycles. The summed E-state index contributed by atoms with van der Waals surface area (Å²) >= 11 is 0. The van der Waals surface area contributed by atoms with E-state index >= 15 is 0 Å². The van der Waals surface area contributed by atoms with E-state index < -0.39 is 23.5 Å². The van der Waals surface area contributed by atoms with Crippen molar-refractivity contribution in [3.05, 3.63) is 146 Å². The van der Waals surface area contributed by atoms with Crippen LogP contribution in [-0.4, -0.2) is 18.5 Å². The number of rotatable bonds is 4. The zero-order valence-electron chi connectivity index (χ0n) is 21.8. The Bertz CT molecular complexity index is 1220. The van der Waals surface area contributed by atoms with Gasteiger partial charge < -0.3 is 0 Å². The van der Waals surface area contributed by atoms with Crippen LogP contribution in [0.15, 0.2) is 115 Å². The average Bonchev–Trinajstić information content (AvgIpc) is 3.35. The second-order valence-corrected chi connectivity index (χ2v) is 12.4. The van der Waals surface area contributed by atoms with Crippen LogP contribution in [0.1, 0.15) is 13.8 Å². The molecule has 0 amide bonds. The first-order chi connectivity index (χ1) is 18.5. The van der Waals surface area contributed by atoms with E-state index in [4.69, 9.17) is 13.0 Å². The minimum atomic E-state index is -5.84. The van der Waals surface area contributed by atoms with Crippen LogP contribution in [0.2, 0.25) is 0 Å². The van der Waals surface area contributed by atoms with Gasteiger partial charge in [-0.05, 0) is 48.5 Å². The van der Waals surface area contributed by atoms with Gasteiger partial charge in [0.25, 0.3) is 0 Å². The van der Waals surface area contributed by atoms with Gasteiger partial charge in [0.2, 0.25) is 0 Å². The molecule has 0 spiro atoms. The van der Waals surface area contributed by atoms with Crippen molar-refractivity contribution < 1.29 is 42.6 Å². The second kappa shape index (κ2) is 15.7. The normalized spacial score (nSPS) is 15.5. The van der Waals surface area contributed by atoms with Crippen molar-refractivity contribution in [2.75, 3.05) is 0 Å². The molecule has 0 bridgehead atoms. The number of halogens is 3. The SMILES string of the molecule is CC(C)[C]1[CH][CH][C]2C=CC=C[C]21.O=S(=O)(O)C(F)(F)F.[Ni].c1ccc(P(c2ccccc2)c2ccccc2)cc1. The van der Waals surface area contributed by atoms with E-state index in [0.29, 0.717) is 5.92 Å². The smallest absolute Gasteiger partial charge is 0.279 e. The van der Waals surface area contributed by atoms with Crippen LogP contribution < -0.4 is 15.9 Å². The van der Waals surface area contributed by atoms with Gasteiger partial charge in [0.05, 0.1) is 0 Å². The minimum Gasteiger partial charge on any atom is -0.279 e. The van der Waals surface area contributed by atoms with Crippen LogP contribution in [-0.2, 0) is 26.6 Å². The molecular formula is C31H29F3NiO3PS. The molecule has 0 heterocycles. The van der Waals surface area contributed by atoms with Gasteiger partial charge in [-0.1, -0.05) is 129 Å². The Kier molecular flexibility index (Phi) is 13.3. The first-order valence-corrected chi connectivity index (χ1v) is 14.9. The number of alkyl halides is 3. The van der Waals surface area contributed by atoms with Crippen LogP contribution in [0.3, 0.4) is 0 Å². The first kappa shape index (κ1) is 34.0. The van der Waals surface area contributed by atoms with Gasteiger partial charge in [0, 0.05) is 28.3 Å². The predicted molar refractivity (Wildman–Crippen MR) is 154 cm³/mol. The minimum absolute atomic E-state index is 0. The maximum Gasteiger partial charge on any atom is 0.522 e. The molecule has 0 atom stereocenters. The summed E-state index contributed by atoms with van der Waals surface area (Å²) in [5, 5.41) is 4.19. The summed E-state index contributed by atoms with van der Waals surface area (Å²) < 4.78 is 57.5. The Hall–Kier alpha value is -2.24. The molecule has 5 radical (unpaired) electrons. The summed E-state index contributed by atoms with van der Waals surface area (Å²) in [4.78, 5) is 0. The quantitative estimate of drug-likeness (QED) is 0.151. The van der Waals surface area contributed by atoms with E-state index in [1.54, 1.807) is 0 Å². The van der Waals surface area contributed by atoms with E-state index in [1.807, 2.05) is 0 Å². The molecule has 213 valence electrons. The van der Waals surface area contributed by atoms with Crippen LogP contribution in [0.25, 0.3) is 0 Å². The van der Waals surface area contributed by atoms with Crippen molar-refractivity contribution in [2.45, 2.75) is 19.4 Å². The van der Waals surface area contributed by atoms with E-state index in [2.05, 4.69) is 142 Å². The molecule has 0 aromatic heterocycles. The number of hydrogen-bond acceptors (Lipinski definition) is 2.